The average molecular weight is 285 g/mol. The quantitative estimate of drug-likeness (QED) is 0.925. The van der Waals surface area contributed by atoms with E-state index in [1.807, 2.05) is 24.4 Å². The van der Waals surface area contributed by atoms with Crippen LogP contribution >= 0.6 is 0 Å². The van der Waals surface area contributed by atoms with Gasteiger partial charge in [0.2, 0.25) is 0 Å². The number of carbonyl (C=O) groups is 2. The molecule has 0 saturated carbocycles. The van der Waals surface area contributed by atoms with Crippen molar-refractivity contribution in [2.75, 3.05) is 13.1 Å². The molecular weight excluding hydrogens is 270 g/mol. The van der Waals surface area contributed by atoms with Gasteiger partial charge in [-0.15, -0.1) is 0 Å². The second-order valence-electron chi connectivity index (χ2n) is 5.07. The Kier molecular flexibility index (Phi) is 3.43. The van der Waals surface area contributed by atoms with Gasteiger partial charge in [-0.1, -0.05) is 0 Å². The van der Waals surface area contributed by atoms with Crippen LogP contribution < -0.4 is 0 Å². The molecule has 6 nitrogen and oxygen atoms in total. The summed E-state index contributed by atoms with van der Waals surface area (Å²) in [6.45, 7) is 0.784. The highest BCUT2D eigenvalue weighted by molar-refractivity contribution is 5.95. The van der Waals surface area contributed by atoms with Gasteiger partial charge in [-0.3, -0.25) is 9.59 Å². The molecule has 1 amide bonds. The lowest BCUT2D eigenvalue weighted by atomic mass is 10.1. The number of hydrogen-bond donors (Lipinski definition) is 1. The molecule has 6 heteroatoms. The Labute approximate surface area is 121 Å². The minimum absolute atomic E-state index is 0.120. The fourth-order valence-corrected chi connectivity index (χ4v) is 2.51. The zero-order valence-corrected chi connectivity index (χ0v) is 11.3. The standard InChI is InChI=1S/C15H15N3O3/c19-14(17-9-6-12(10-17)15(20)21)11-2-4-13(5-3-11)18-8-1-7-16-18/h1-5,7-8,12H,6,9-10H2,(H,20,21). The number of carboxylic acid groups (broad SMARTS) is 1. The second kappa shape index (κ2) is 5.40. The van der Waals surface area contributed by atoms with Gasteiger partial charge in [0, 0.05) is 31.0 Å². The average Bonchev–Trinajstić information content (AvgIpc) is 3.18. The van der Waals surface area contributed by atoms with Crippen LogP contribution in [0.2, 0.25) is 0 Å². The summed E-state index contributed by atoms with van der Waals surface area (Å²) in [6.07, 6.45) is 4.04. The maximum absolute atomic E-state index is 12.3. The number of carbonyl (C=O) groups excluding carboxylic acids is 1. The van der Waals surface area contributed by atoms with Gasteiger partial charge >= 0.3 is 5.97 Å². The van der Waals surface area contributed by atoms with Crippen molar-refractivity contribution in [1.29, 1.82) is 0 Å². The van der Waals surface area contributed by atoms with Gasteiger partial charge in [0.1, 0.15) is 0 Å². The minimum Gasteiger partial charge on any atom is -0.481 e. The molecule has 1 N–H and O–H groups in total. The topological polar surface area (TPSA) is 75.4 Å². The van der Waals surface area contributed by atoms with E-state index in [-0.39, 0.29) is 12.5 Å². The number of benzene rings is 1. The summed E-state index contributed by atoms with van der Waals surface area (Å²) in [5, 5.41) is 13.1. The molecule has 0 spiro atoms. The van der Waals surface area contributed by atoms with Crippen molar-refractivity contribution >= 4 is 11.9 Å². The predicted molar refractivity (Wildman–Crippen MR) is 75.2 cm³/mol. The maximum Gasteiger partial charge on any atom is 0.308 e. The van der Waals surface area contributed by atoms with Gasteiger partial charge in [-0.25, -0.2) is 4.68 Å². The highest BCUT2D eigenvalue weighted by Crippen LogP contribution is 2.19. The molecule has 1 aromatic heterocycles. The molecule has 2 heterocycles. The van der Waals surface area contributed by atoms with E-state index >= 15 is 0 Å². The van der Waals surface area contributed by atoms with Crippen molar-refractivity contribution in [2.24, 2.45) is 5.92 Å². The van der Waals surface area contributed by atoms with Crippen LogP contribution in [0, 0.1) is 5.92 Å². The number of aromatic nitrogens is 2. The normalized spacial score (nSPS) is 17.9. The van der Waals surface area contributed by atoms with Gasteiger partial charge in [0.05, 0.1) is 11.6 Å². The minimum atomic E-state index is -0.834. The van der Waals surface area contributed by atoms with Crippen molar-refractivity contribution in [3.8, 4) is 5.69 Å². The highest BCUT2D eigenvalue weighted by atomic mass is 16.4. The van der Waals surface area contributed by atoms with E-state index in [0.29, 0.717) is 18.5 Å². The van der Waals surface area contributed by atoms with Crippen molar-refractivity contribution in [2.45, 2.75) is 6.42 Å². The van der Waals surface area contributed by atoms with Crippen LogP contribution in [0.25, 0.3) is 5.69 Å². The fraction of sp³-hybridized carbons (Fsp3) is 0.267. The van der Waals surface area contributed by atoms with Gasteiger partial charge in [0.25, 0.3) is 5.91 Å². The van der Waals surface area contributed by atoms with Crippen LogP contribution in [0.1, 0.15) is 16.8 Å². The van der Waals surface area contributed by atoms with Gasteiger partial charge < -0.3 is 10.0 Å². The first-order chi connectivity index (χ1) is 10.1. The third-order valence-electron chi connectivity index (χ3n) is 3.71. The zero-order chi connectivity index (χ0) is 14.8. The first-order valence-corrected chi connectivity index (χ1v) is 6.77. The fourth-order valence-electron chi connectivity index (χ4n) is 2.51. The van der Waals surface area contributed by atoms with E-state index in [1.54, 1.807) is 27.9 Å². The number of likely N-dealkylation sites (tertiary alicyclic amines) is 1. The molecule has 2 aromatic rings. The summed E-state index contributed by atoms with van der Waals surface area (Å²) >= 11 is 0. The van der Waals surface area contributed by atoms with Crippen LogP contribution in [0.4, 0.5) is 0 Å². The summed E-state index contributed by atoms with van der Waals surface area (Å²) in [5.41, 5.74) is 1.44. The first kappa shape index (κ1) is 13.4. The number of rotatable bonds is 3. The van der Waals surface area contributed by atoms with E-state index in [9.17, 15) is 9.59 Å². The molecule has 1 atom stereocenters. The first-order valence-electron chi connectivity index (χ1n) is 6.77. The molecule has 0 bridgehead atoms. The molecule has 1 aliphatic heterocycles. The van der Waals surface area contributed by atoms with Crippen LogP contribution in [-0.4, -0.2) is 44.8 Å². The lowest BCUT2D eigenvalue weighted by molar-refractivity contribution is -0.141. The zero-order valence-electron chi connectivity index (χ0n) is 11.3. The van der Waals surface area contributed by atoms with E-state index < -0.39 is 11.9 Å². The number of amides is 1. The second-order valence-corrected chi connectivity index (χ2v) is 5.07. The van der Waals surface area contributed by atoms with Gasteiger partial charge in [-0.05, 0) is 36.8 Å². The molecule has 0 aliphatic carbocycles. The largest absolute Gasteiger partial charge is 0.481 e. The molecule has 3 rings (SSSR count). The molecular formula is C15H15N3O3. The van der Waals surface area contributed by atoms with Gasteiger partial charge in [0.15, 0.2) is 0 Å². The van der Waals surface area contributed by atoms with E-state index in [0.717, 1.165) is 5.69 Å². The molecule has 108 valence electrons. The van der Waals surface area contributed by atoms with Crippen molar-refractivity contribution in [1.82, 2.24) is 14.7 Å². The monoisotopic (exact) mass is 285 g/mol. The Hall–Kier alpha value is -2.63. The summed E-state index contributed by atoms with van der Waals surface area (Å²) in [4.78, 5) is 24.9. The highest BCUT2D eigenvalue weighted by Gasteiger charge is 2.31. The molecule has 1 aliphatic rings. The van der Waals surface area contributed by atoms with E-state index in [4.69, 9.17) is 5.11 Å². The number of hydrogen-bond acceptors (Lipinski definition) is 3. The van der Waals surface area contributed by atoms with Crippen molar-refractivity contribution in [3.63, 3.8) is 0 Å². The number of carboxylic acids is 1. The Balaban J connectivity index is 1.72. The molecule has 1 fully saturated rings. The van der Waals surface area contributed by atoms with Crippen molar-refractivity contribution in [3.05, 3.63) is 48.3 Å². The Morgan fingerprint density at radius 1 is 1.24 bits per heavy atom. The maximum atomic E-state index is 12.3. The molecule has 1 saturated heterocycles. The van der Waals surface area contributed by atoms with Gasteiger partial charge in [-0.2, -0.15) is 5.10 Å². The van der Waals surface area contributed by atoms with E-state index in [1.165, 1.54) is 0 Å². The summed E-state index contributed by atoms with van der Waals surface area (Å²) in [5.74, 6) is -1.40. The molecule has 21 heavy (non-hydrogen) atoms. The van der Waals surface area contributed by atoms with Crippen LogP contribution in [-0.2, 0) is 4.79 Å². The van der Waals surface area contributed by atoms with E-state index in [2.05, 4.69) is 5.10 Å². The number of nitrogens with zero attached hydrogens (tertiary/aromatic N) is 3. The Morgan fingerprint density at radius 3 is 2.57 bits per heavy atom. The predicted octanol–water partition coefficient (Wildman–Crippen LogP) is 1.42. The van der Waals surface area contributed by atoms with Crippen LogP contribution in [0.5, 0.6) is 0 Å². The lowest BCUT2D eigenvalue weighted by Crippen LogP contribution is -2.29. The SMILES string of the molecule is O=C(O)C1CCN(C(=O)c2ccc(-n3cccn3)cc2)C1. The smallest absolute Gasteiger partial charge is 0.308 e. The third kappa shape index (κ3) is 2.65. The molecule has 1 aromatic carbocycles. The number of aliphatic carboxylic acids is 1. The van der Waals surface area contributed by atoms with Crippen molar-refractivity contribution < 1.29 is 14.7 Å². The van der Waals surface area contributed by atoms with Crippen LogP contribution in [0.3, 0.4) is 0 Å². The molecule has 0 radical (unpaired) electrons. The summed E-state index contributed by atoms with van der Waals surface area (Å²) < 4.78 is 1.71. The Morgan fingerprint density at radius 2 is 2.00 bits per heavy atom. The third-order valence-corrected chi connectivity index (χ3v) is 3.71. The summed E-state index contributed by atoms with van der Waals surface area (Å²) in [7, 11) is 0. The summed E-state index contributed by atoms with van der Waals surface area (Å²) in [6, 6.07) is 8.96. The lowest BCUT2D eigenvalue weighted by Gasteiger charge is -2.16. The molecule has 1 unspecified atom stereocenters. The Bertz CT molecular complexity index is 649. The van der Waals surface area contributed by atoms with Crippen LogP contribution in [0.15, 0.2) is 42.7 Å².